The molecule has 9 aromatic carbocycles. The molecule has 0 atom stereocenters. The molecule has 0 radical (unpaired) electrons. The maximum absolute atomic E-state index is 6.32. The summed E-state index contributed by atoms with van der Waals surface area (Å²) in [4.78, 5) is 4.78. The van der Waals surface area contributed by atoms with Crippen LogP contribution in [0.4, 0.5) is 0 Å². The average Bonchev–Trinajstić information content (AvgIpc) is 3.66. The number of hydrogen-bond donors (Lipinski definition) is 0. The van der Waals surface area contributed by atoms with E-state index in [-0.39, 0.29) is 0 Å². The van der Waals surface area contributed by atoms with Crippen molar-refractivity contribution in [2.45, 2.75) is 0 Å². The van der Waals surface area contributed by atoms with Gasteiger partial charge in [-0.25, -0.2) is 0 Å². The maximum atomic E-state index is 6.32. The summed E-state index contributed by atoms with van der Waals surface area (Å²) in [7, 11) is 0. The van der Waals surface area contributed by atoms with Gasteiger partial charge in [0, 0.05) is 22.5 Å². The summed E-state index contributed by atoms with van der Waals surface area (Å²) < 4.78 is 6.32. The number of fused-ring (bicyclic) bond motifs is 9. The van der Waals surface area contributed by atoms with E-state index >= 15 is 0 Å². The summed E-state index contributed by atoms with van der Waals surface area (Å²) in [5.74, 6) is 0. The topological polar surface area (TPSA) is 26.0 Å². The van der Waals surface area contributed by atoms with Gasteiger partial charge in [0.05, 0.1) is 0 Å². The number of nitrogens with zero attached hydrogens (tertiary/aromatic N) is 1. The molecule has 0 aliphatic heterocycles. The second-order valence-corrected chi connectivity index (χ2v) is 14.3. The summed E-state index contributed by atoms with van der Waals surface area (Å²) in [6.45, 7) is 0. The summed E-state index contributed by atoms with van der Waals surface area (Å²) in [6, 6.07) is 69.9. The van der Waals surface area contributed by atoms with Crippen molar-refractivity contribution in [3.63, 3.8) is 0 Å². The van der Waals surface area contributed by atoms with Gasteiger partial charge in [-0.2, -0.15) is 0 Å². The van der Waals surface area contributed by atoms with Crippen molar-refractivity contribution in [2.24, 2.45) is 0 Å². The van der Waals surface area contributed by atoms with Crippen molar-refractivity contribution in [1.82, 2.24) is 4.98 Å². The predicted molar refractivity (Wildman–Crippen MR) is 231 cm³/mol. The first-order valence-electron chi connectivity index (χ1n) is 18.8. The minimum absolute atomic E-state index is 0.818. The van der Waals surface area contributed by atoms with Crippen LogP contribution < -0.4 is 0 Å². The molecular formula is C53H33NO. The number of aromatic nitrogens is 1. The van der Waals surface area contributed by atoms with E-state index in [1.165, 1.54) is 65.7 Å². The second kappa shape index (κ2) is 12.7. The fraction of sp³-hybridized carbons (Fsp3) is 0. The molecule has 0 spiro atoms. The summed E-state index contributed by atoms with van der Waals surface area (Å²) in [5, 5.41) is 9.94. The predicted octanol–water partition coefficient (Wildman–Crippen LogP) is 14.8. The highest BCUT2D eigenvalue weighted by molar-refractivity contribution is 6.25. The van der Waals surface area contributed by atoms with Crippen LogP contribution in [-0.4, -0.2) is 4.98 Å². The van der Waals surface area contributed by atoms with Crippen LogP contribution in [0.2, 0.25) is 0 Å². The van der Waals surface area contributed by atoms with Gasteiger partial charge >= 0.3 is 0 Å². The molecule has 0 aliphatic rings. The molecule has 0 saturated carbocycles. The number of rotatable bonds is 5. The van der Waals surface area contributed by atoms with Crippen LogP contribution in [0.25, 0.3) is 110 Å². The van der Waals surface area contributed by atoms with Crippen LogP contribution in [-0.2, 0) is 0 Å². The molecule has 0 saturated heterocycles. The molecule has 0 bridgehead atoms. The zero-order valence-corrected chi connectivity index (χ0v) is 29.9. The smallest absolute Gasteiger partial charge is 0.161 e. The van der Waals surface area contributed by atoms with Gasteiger partial charge in [-0.15, -0.1) is 0 Å². The Morgan fingerprint density at radius 3 is 1.20 bits per heavy atom. The van der Waals surface area contributed by atoms with Crippen LogP contribution in [0, 0.1) is 0 Å². The van der Waals surface area contributed by atoms with Gasteiger partial charge in [0.15, 0.2) is 5.58 Å². The maximum Gasteiger partial charge on any atom is 0.161 e. The molecule has 0 N–H and O–H groups in total. The van der Waals surface area contributed by atoms with Gasteiger partial charge in [0.25, 0.3) is 0 Å². The minimum atomic E-state index is 0.818. The zero-order valence-electron chi connectivity index (χ0n) is 29.9. The molecule has 0 fully saturated rings. The quantitative estimate of drug-likeness (QED) is 0.167. The average molecular weight is 700 g/mol. The van der Waals surface area contributed by atoms with Crippen molar-refractivity contribution in [3.8, 4) is 55.8 Å². The first-order valence-corrected chi connectivity index (χ1v) is 18.8. The summed E-state index contributed by atoms with van der Waals surface area (Å²) >= 11 is 0. The van der Waals surface area contributed by atoms with E-state index in [2.05, 4.69) is 170 Å². The Morgan fingerprint density at radius 1 is 0.273 bits per heavy atom. The van der Waals surface area contributed by atoms with Crippen molar-refractivity contribution >= 4 is 54.3 Å². The number of para-hydroxylation sites is 1. The molecular weight excluding hydrogens is 667 g/mol. The fourth-order valence-corrected chi connectivity index (χ4v) is 8.43. The molecule has 2 nitrogen and oxygen atoms in total. The molecule has 0 amide bonds. The third kappa shape index (κ3) is 5.30. The van der Waals surface area contributed by atoms with Crippen LogP contribution in [0.3, 0.4) is 0 Å². The first-order chi connectivity index (χ1) is 27.2. The molecule has 11 aromatic rings. The van der Waals surface area contributed by atoms with E-state index in [1.54, 1.807) is 0 Å². The van der Waals surface area contributed by atoms with Gasteiger partial charge in [0.1, 0.15) is 11.3 Å². The molecule has 11 rings (SSSR count). The number of hydrogen-bond acceptors (Lipinski definition) is 2. The molecule has 2 aromatic heterocycles. The van der Waals surface area contributed by atoms with E-state index < -0.39 is 0 Å². The van der Waals surface area contributed by atoms with E-state index in [9.17, 15) is 0 Å². The number of pyridine rings is 1. The largest absolute Gasteiger partial charge is 0.454 e. The van der Waals surface area contributed by atoms with Crippen LogP contribution >= 0.6 is 0 Å². The van der Waals surface area contributed by atoms with Crippen molar-refractivity contribution in [3.05, 3.63) is 200 Å². The van der Waals surface area contributed by atoms with Crippen molar-refractivity contribution in [1.29, 1.82) is 0 Å². The van der Waals surface area contributed by atoms with E-state index in [4.69, 9.17) is 9.40 Å². The van der Waals surface area contributed by atoms with Crippen LogP contribution in [0.1, 0.15) is 0 Å². The highest BCUT2D eigenvalue weighted by atomic mass is 16.3. The summed E-state index contributed by atoms with van der Waals surface area (Å²) in [5.41, 5.74) is 13.0. The first kappa shape index (κ1) is 31.3. The van der Waals surface area contributed by atoms with Crippen LogP contribution in [0.5, 0.6) is 0 Å². The normalized spacial score (nSPS) is 11.6. The van der Waals surface area contributed by atoms with Gasteiger partial charge in [-0.05, 0) is 119 Å². The lowest BCUT2D eigenvalue weighted by atomic mass is 9.91. The van der Waals surface area contributed by atoms with Crippen LogP contribution in [0.15, 0.2) is 205 Å². The third-order valence-electron chi connectivity index (χ3n) is 11.1. The van der Waals surface area contributed by atoms with Gasteiger partial charge in [0.2, 0.25) is 0 Å². The minimum Gasteiger partial charge on any atom is -0.454 e. The van der Waals surface area contributed by atoms with E-state index in [0.717, 1.165) is 44.3 Å². The lowest BCUT2D eigenvalue weighted by Crippen LogP contribution is -1.87. The Bertz CT molecular complexity index is 3240. The molecule has 2 heteroatoms. The summed E-state index contributed by atoms with van der Waals surface area (Å²) in [6.07, 6.45) is 1.88. The van der Waals surface area contributed by atoms with Gasteiger partial charge in [-0.1, -0.05) is 152 Å². The van der Waals surface area contributed by atoms with Gasteiger partial charge in [-0.3, -0.25) is 4.98 Å². The Hall–Kier alpha value is -7.29. The second-order valence-electron chi connectivity index (χ2n) is 14.3. The number of furan rings is 1. The van der Waals surface area contributed by atoms with E-state index in [0.29, 0.717) is 0 Å². The molecule has 256 valence electrons. The number of benzene rings is 9. The Labute approximate surface area is 318 Å². The monoisotopic (exact) mass is 699 g/mol. The third-order valence-corrected chi connectivity index (χ3v) is 11.1. The fourth-order valence-electron chi connectivity index (χ4n) is 8.43. The zero-order chi connectivity index (χ0) is 36.3. The highest BCUT2D eigenvalue weighted by Gasteiger charge is 2.15. The molecule has 2 heterocycles. The lowest BCUT2D eigenvalue weighted by Gasteiger charge is -2.13. The van der Waals surface area contributed by atoms with Gasteiger partial charge < -0.3 is 4.42 Å². The molecule has 0 unspecified atom stereocenters. The standard InChI is InChI=1S/C53H33NO/c1-2-21-45-43(19-1)44-20-3-4-22-46(44)50-33-41(25-26-47(45)50)39-16-9-14-37(31-39)35-12-7-11-34(29-35)36-13-8-15-38(30-36)40-17-10-18-42(32-40)52-53-49(27-28-54-52)48-23-5-6-24-51(48)55-53/h1-33H. The Kier molecular flexibility index (Phi) is 7.21. The Balaban J connectivity index is 0.936. The Morgan fingerprint density at radius 2 is 0.673 bits per heavy atom. The van der Waals surface area contributed by atoms with Crippen molar-refractivity contribution in [2.75, 3.05) is 0 Å². The van der Waals surface area contributed by atoms with Crippen molar-refractivity contribution < 1.29 is 4.42 Å². The molecule has 0 aliphatic carbocycles. The lowest BCUT2D eigenvalue weighted by molar-refractivity contribution is 0.668. The van der Waals surface area contributed by atoms with E-state index in [1.807, 2.05) is 30.5 Å². The molecule has 55 heavy (non-hydrogen) atoms. The highest BCUT2D eigenvalue weighted by Crippen LogP contribution is 2.39. The SMILES string of the molecule is c1cc(-c2cccc(-c3cccc(-c4nccc5c4oc4ccccc45)c3)c2)cc(-c2cccc(-c3ccc4c5ccccc5c5ccccc5c4c3)c2)c1.